The van der Waals surface area contributed by atoms with Gasteiger partial charge in [-0.25, -0.2) is 37.5 Å². The van der Waals surface area contributed by atoms with E-state index in [2.05, 4.69) is 5.32 Å². The van der Waals surface area contributed by atoms with Crippen molar-refractivity contribution in [3.05, 3.63) is 190 Å². The first-order valence-electron chi connectivity index (χ1n) is 19.6. The summed E-state index contributed by atoms with van der Waals surface area (Å²) < 4.78 is 65.4. The number of halogens is 4. The number of aromatic hydroxyl groups is 3. The number of nitrogens with two attached hydrogens (primary N) is 1. The summed E-state index contributed by atoms with van der Waals surface area (Å²) >= 11 is 0. The number of phenolic OH excluding ortho intramolecular Hbond substituents is 3. The van der Waals surface area contributed by atoms with Crippen LogP contribution < -0.4 is 11.1 Å². The van der Waals surface area contributed by atoms with E-state index in [1.54, 1.807) is 78.9 Å². The predicted octanol–water partition coefficient (Wildman–Crippen LogP) is 10.1. The number of anilines is 1. The Morgan fingerprint density at radius 3 is 1.22 bits per heavy atom. The maximum Gasteiger partial charge on any atom is 0.185 e. The van der Waals surface area contributed by atoms with Crippen LogP contribution in [0.4, 0.5) is 23.2 Å². The third-order valence-corrected chi connectivity index (χ3v) is 12.7. The SMILES string of the molecule is NCCSSCCNc1c(F)c(F)c(C2=C3C=CC(=N3)C(c3cccc(O)c3)=C3C=CC(=N3)C(c3cccc(O)c3)=C3C=CC(=N3)C(c3cccc(O)c3)=C3C=CC2=N3)c(F)c1F.[Ar]. The molecule has 16 heteroatoms. The molecule has 64 heavy (non-hydrogen) atoms. The molecule has 0 aliphatic carbocycles. The molecule has 5 aliphatic rings. The van der Waals surface area contributed by atoms with Gasteiger partial charge in [0.2, 0.25) is 0 Å². The number of nitrogens with zero attached hydrogens (tertiary/aromatic N) is 4. The Kier molecular flexibility index (Phi) is 13.5. The number of hydrogen-bond donors (Lipinski definition) is 5. The van der Waals surface area contributed by atoms with Crippen molar-refractivity contribution in [3.63, 3.8) is 0 Å². The van der Waals surface area contributed by atoms with Gasteiger partial charge in [0.05, 0.1) is 51.2 Å². The number of fused-ring (bicyclic) bond motifs is 4. The van der Waals surface area contributed by atoms with Gasteiger partial charge in [-0.3, -0.25) is 0 Å². The third-order valence-electron chi connectivity index (χ3n) is 10.3. The molecule has 0 amide bonds. The summed E-state index contributed by atoms with van der Waals surface area (Å²) in [6, 6.07) is 19.5. The fraction of sp³-hybridized carbons (Fsp3) is 0.0833. The van der Waals surface area contributed by atoms with Crippen LogP contribution in [0.3, 0.4) is 0 Å². The van der Waals surface area contributed by atoms with E-state index in [4.69, 9.17) is 25.7 Å². The summed E-state index contributed by atoms with van der Waals surface area (Å²) in [5, 5.41) is 34.4. The second-order valence-corrected chi connectivity index (χ2v) is 17.1. The topological polar surface area (TPSA) is 148 Å². The van der Waals surface area contributed by atoms with Crippen molar-refractivity contribution in [2.45, 2.75) is 0 Å². The zero-order valence-corrected chi connectivity index (χ0v) is 35.6. The number of aliphatic imine (C=N–C) groups is 4. The molecular weight excluding hydrogens is 889 g/mol. The van der Waals surface area contributed by atoms with Gasteiger partial charge in [-0.1, -0.05) is 58.0 Å². The van der Waals surface area contributed by atoms with Crippen molar-refractivity contribution in [3.8, 4) is 17.2 Å². The molecule has 5 heterocycles. The standard InChI is InChI=1S/C48H34F4N6O3S2.Ar/c49-44-43(45(50)47(52)48(46(44)51)54-19-21-63-62-20-18-53)42-37-16-14-35(57-37)40(26-5-2-8-29(60)23-26)33-12-10-31(55-33)39(25-4-1-7-28(59)22-25)32-11-13-34(56-32)41(36-15-17-38(42)58-36)27-6-3-9-30(61)24-27;/h1-17,22-24,54,59-61H,18-21,53H2;. The molecule has 9 rings (SSSR count). The van der Waals surface area contributed by atoms with Gasteiger partial charge >= 0.3 is 0 Å². The van der Waals surface area contributed by atoms with Gasteiger partial charge in [-0.05, 0) is 102 Å². The Balaban J connectivity index is 0.00000560. The van der Waals surface area contributed by atoms with Crippen molar-refractivity contribution in [1.82, 2.24) is 0 Å². The maximum absolute atomic E-state index is 16.6. The fourth-order valence-corrected chi connectivity index (χ4v) is 9.37. The molecule has 322 valence electrons. The van der Waals surface area contributed by atoms with Crippen molar-refractivity contribution in [2.24, 2.45) is 25.7 Å². The molecule has 8 bridgehead atoms. The van der Waals surface area contributed by atoms with Crippen LogP contribution in [0.5, 0.6) is 17.2 Å². The smallest absolute Gasteiger partial charge is 0.185 e. The molecule has 0 saturated heterocycles. The van der Waals surface area contributed by atoms with Crippen molar-refractivity contribution >= 4 is 72.4 Å². The number of benzene rings is 4. The van der Waals surface area contributed by atoms with Crippen LogP contribution in [-0.4, -0.2) is 62.8 Å². The van der Waals surface area contributed by atoms with Crippen molar-refractivity contribution in [2.75, 3.05) is 29.9 Å². The first-order chi connectivity index (χ1) is 30.6. The van der Waals surface area contributed by atoms with Crippen LogP contribution in [0, 0.1) is 61.0 Å². The van der Waals surface area contributed by atoms with E-state index in [-0.39, 0.29) is 89.9 Å². The molecule has 0 radical (unpaired) electrons. The van der Waals surface area contributed by atoms with Gasteiger partial charge in [-0.15, -0.1) is 0 Å². The van der Waals surface area contributed by atoms with Crippen molar-refractivity contribution < 1.29 is 70.6 Å². The quantitative estimate of drug-likeness (QED) is 0.0435. The summed E-state index contributed by atoms with van der Waals surface area (Å²) in [6.07, 6.45) is 13.2. The largest absolute Gasteiger partial charge is 0.508 e. The van der Waals surface area contributed by atoms with E-state index < -0.39 is 34.5 Å². The molecule has 0 fully saturated rings. The van der Waals surface area contributed by atoms with Gasteiger partial charge in [0, 0.05) is 84.6 Å². The predicted molar refractivity (Wildman–Crippen MR) is 247 cm³/mol. The Bertz CT molecular complexity index is 2960. The first kappa shape index (κ1) is 44.9. The maximum atomic E-state index is 16.6. The summed E-state index contributed by atoms with van der Waals surface area (Å²) in [6.45, 7) is 0.461. The van der Waals surface area contributed by atoms with Crippen molar-refractivity contribution in [1.29, 1.82) is 0 Å². The Morgan fingerprint density at radius 2 is 0.844 bits per heavy atom. The molecule has 4 aromatic carbocycles. The molecule has 5 aliphatic heterocycles. The molecule has 0 atom stereocenters. The zero-order chi connectivity index (χ0) is 43.8. The average Bonchev–Trinajstić information content (AvgIpc) is 4.12. The minimum atomic E-state index is -1.66. The van der Waals surface area contributed by atoms with Gasteiger partial charge in [0.15, 0.2) is 23.3 Å². The average molecular weight is 923 g/mol. The first-order valence-corrected chi connectivity index (χ1v) is 22.1. The van der Waals surface area contributed by atoms with E-state index in [1.165, 1.54) is 58.0 Å². The van der Waals surface area contributed by atoms with Crippen LogP contribution in [0.2, 0.25) is 0 Å². The van der Waals surface area contributed by atoms with E-state index in [9.17, 15) is 15.3 Å². The summed E-state index contributed by atoms with van der Waals surface area (Å²) in [7, 11) is 2.86. The second-order valence-electron chi connectivity index (χ2n) is 14.4. The van der Waals surface area contributed by atoms with Crippen LogP contribution in [0.25, 0.3) is 22.3 Å². The van der Waals surface area contributed by atoms with Crippen LogP contribution in [0.1, 0.15) is 22.3 Å². The minimum absolute atomic E-state index is 0. The van der Waals surface area contributed by atoms with Crippen LogP contribution in [0.15, 0.2) is 164 Å². The summed E-state index contributed by atoms with van der Waals surface area (Å²) in [4.78, 5) is 19.8. The molecule has 6 N–H and O–H groups in total. The minimum Gasteiger partial charge on any atom is -0.508 e. The third kappa shape index (κ3) is 8.75. The fourth-order valence-electron chi connectivity index (χ4n) is 7.61. The van der Waals surface area contributed by atoms with E-state index >= 15 is 17.6 Å². The van der Waals surface area contributed by atoms with E-state index in [1.807, 2.05) is 6.07 Å². The molecule has 4 aromatic rings. The normalized spacial score (nSPS) is 16.2. The Labute approximate surface area is 402 Å². The molecule has 0 spiro atoms. The zero-order valence-electron chi connectivity index (χ0n) is 33.3. The molecule has 0 unspecified atom stereocenters. The number of allylic oxidation sites excluding steroid dienone is 12. The number of phenols is 3. The van der Waals surface area contributed by atoms with Crippen LogP contribution >= 0.6 is 21.6 Å². The molecule has 9 nitrogen and oxygen atoms in total. The van der Waals surface area contributed by atoms with E-state index in [0.29, 0.717) is 74.3 Å². The van der Waals surface area contributed by atoms with E-state index in [0.717, 1.165) is 0 Å². The van der Waals surface area contributed by atoms with Gasteiger partial charge in [0.25, 0.3) is 0 Å². The monoisotopic (exact) mass is 922 g/mol. The molecular formula is C48H34ArF4N6O3S2. The Hall–Kier alpha value is -5.68. The van der Waals surface area contributed by atoms with Gasteiger partial charge in [-0.2, -0.15) is 0 Å². The second kappa shape index (κ2) is 19.2. The summed E-state index contributed by atoms with van der Waals surface area (Å²) in [5.74, 6) is -5.62. The van der Waals surface area contributed by atoms with Gasteiger partial charge < -0.3 is 26.4 Å². The number of rotatable bonds is 11. The summed E-state index contributed by atoms with van der Waals surface area (Å²) in [5.41, 5.74) is 8.27. The molecule has 0 aromatic heterocycles. The Morgan fingerprint density at radius 1 is 0.484 bits per heavy atom. The number of hydrogen-bond acceptors (Lipinski definition) is 11. The molecule has 0 saturated carbocycles. The van der Waals surface area contributed by atoms with Gasteiger partial charge in [0.1, 0.15) is 22.9 Å². The number of nitrogens with one attached hydrogen (secondary N) is 1. The van der Waals surface area contributed by atoms with Crippen LogP contribution in [-0.2, 0) is 0 Å².